The molecule has 0 aromatic heterocycles. The number of allylic oxidation sites excluding steroid dienone is 1. The lowest BCUT2D eigenvalue weighted by atomic mass is 10.0. The van der Waals surface area contributed by atoms with Gasteiger partial charge in [0.25, 0.3) is 0 Å². The maximum atomic E-state index is 3.14. The van der Waals surface area contributed by atoms with Crippen LogP contribution in [0.2, 0.25) is 0 Å². The Morgan fingerprint density at radius 1 is 1.67 bits per heavy atom. The molecule has 9 heavy (non-hydrogen) atoms. The van der Waals surface area contributed by atoms with Gasteiger partial charge in [0.05, 0.1) is 0 Å². The number of rotatable bonds is 3. The van der Waals surface area contributed by atoms with Crippen LogP contribution in [0.5, 0.6) is 0 Å². The summed E-state index contributed by atoms with van der Waals surface area (Å²) in [7, 11) is 1.99. The molecule has 0 bridgehead atoms. The van der Waals surface area contributed by atoms with Gasteiger partial charge in [-0.3, -0.25) is 0 Å². The van der Waals surface area contributed by atoms with Gasteiger partial charge in [-0.25, -0.2) is 0 Å². The van der Waals surface area contributed by atoms with Gasteiger partial charge in [-0.05, 0) is 26.8 Å². The summed E-state index contributed by atoms with van der Waals surface area (Å²) in [6.45, 7) is 7.56. The van der Waals surface area contributed by atoms with E-state index in [0.29, 0.717) is 5.92 Å². The van der Waals surface area contributed by atoms with Crippen molar-refractivity contribution in [3.05, 3.63) is 11.6 Å². The SMILES string of the molecule is C/C=C(\C)C(C)CNC. The summed E-state index contributed by atoms with van der Waals surface area (Å²) in [5.74, 6) is 0.681. The average molecular weight is 127 g/mol. The van der Waals surface area contributed by atoms with Crippen LogP contribution in [0.15, 0.2) is 11.6 Å². The van der Waals surface area contributed by atoms with Gasteiger partial charge in [-0.1, -0.05) is 18.6 Å². The van der Waals surface area contributed by atoms with Crippen molar-refractivity contribution in [3.8, 4) is 0 Å². The molecule has 0 fully saturated rings. The summed E-state index contributed by atoms with van der Waals surface area (Å²) in [6, 6.07) is 0. The highest BCUT2D eigenvalue weighted by Crippen LogP contribution is 2.06. The van der Waals surface area contributed by atoms with Gasteiger partial charge >= 0.3 is 0 Å². The lowest BCUT2D eigenvalue weighted by molar-refractivity contribution is 0.618. The number of hydrogen-bond donors (Lipinski definition) is 1. The predicted molar refractivity (Wildman–Crippen MR) is 42.5 cm³/mol. The fourth-order valence-electron chi connectivity index (χ4n) is 0.752. The van der Waals surface area contributed by atoms with E-state index in [1.807, 2.05) is 7.05 Å². The molecule has 0 rings (SSSR count). The van der Waals surface area contributed by atoms with Gasteiger partial charge in [0.2, 0.25) is 0 Å². The molecule has 0 aromatic carbocycles. The number of nitrogens with one attached hydrogen (secondary N) is 1. The Labute approximate surface area is 58.2 Å². The lowest BCUT2D eigenvalue weighted by Gasteiger charge is -2.09. The summed E-state index contributed by atoms with van der Waals surface area (Å²) in [4.78, 5) is 0. The molecule has 0 saturated carbocycles. The van der Waals surface area contributed by atoms with Crippen molar-refractivity contribution in [1.82, 2.24) is 5.32 Å². The van der Waals surface area contributed by atoms with Crippen LogP contribution in [0.4, 0.5) is 0 Å². The van der Waals surface area contributed by atoms with Gasteiger partial charge < -0.3 is 5.32 Å². The zero-order valence-corrected chi connectivity index (χ0v) is 6.86. The molecule has 0 aromatic rings. The van der Waals surface area contributed by atoms with Gasteiger partial charge in [-0.2, -0.15) is 0 Å². The van der Waals surface area contributed by atoms with E-state index in [1.54, 1.807) is 0 Å². The molecular formula is C8H17N. The molecule has 1 nitrogen and oxygen atoms in total. The quantitative estimate of drug-likeness (QED) is 0.570. The van der Waals surface area contributed by atoms with Crippen LogP contribution in [-0.4, -0.2) is 13.6 Å². The molecule has 54 valence electrons. The molecule has 1 atom stereocenters. The highest BCUT2D eigenvalue weighted by Gasteiger charge is 1.99. The molecule has 0 saturated heterocycles. The predicted octanol–water partition coefficient (Wildman–Crippen LogP) is 1.81. The summed E-state index contributed by atoms with van der Waals surface area (Å²) in [5.41, 5.74) is 1.46. The first-order valence-corrected chi connectivity index (χ1v) is 3.49. The van der Waals surface area contributed by atoms with Gasteiger partial charge in [0.15, 0.2) is 0 Å². The zero-order valence-electron chi connectivity index (χ0n) is 6.86. The Kier molecular flexibility index (Phi) is 4.41. The Hall–Kier alpha value is -0.300. The molecule has 0 heterocycles. The largest absolute Gasteiger partial charge is 0.319 e. The topological polar surface area (TPSA) is 12.0 Å². The molecule has 0 aliphatic heterocycles. The molecule has 0 amide bonds. The van der Waals surface area contributed by atoms with Crippen LogP contribution < -0.4 is 5.32 Å². The van der Waals surface area contributed by atoms with E-state index in [-0.39, 0.29) is 0 Å². The van der Waals surface area contributed by atoms with E-state index >= 15 is 0 Å². The third kappa shape index (κ3) is 3.31. The third-order valence-corrected chi connectivity index (χ3v) is 1.74. The molecule has 1 N–H and O–H groups in total. The van der Waals surface area contributed by atoms with Gasteiger partial charge in [-0.15, -0.1) is 0 Å². The van der Waals surface area contributed by atoms with E-state index in [0.717, 1.165) is 6.54 Å². The molecule has 0 radical (unpaired) electrons. The van der Waals surface area contributed by atoms with Crippen molar-refractivity contribution in [1.29, 1.82) is 0 Å². The van der Waals surface area contributed by atoms with Crippen LogP contribution in [0.1, 0.15) is 20.8 Å². The van der Waals surface area contributed by atoms with Crippen LogP contribution >= 0.6 is 0 Å². The molecule has 1 unspecified atom stereocenters. The standard InChI is InChI=1S/C8H17N/c1-5-7(2)8(3)6-9-4/h5,8-9H,6H2,1-4H3/b7-5+. The Morgan fingerprint density at radius 3 is 2.56 bits per heavy atom. The molecule has 0 aliphatic carbocycles. The van der Waals surface area contributed by atoms with Crippen LogP contribution in [-0.2, 0) is 0 Å². The molecule has 0 spiro atoms. The minimum atomic E-state index is 0.681. The van der Waals surface area contributed by atoms with E-state index < -0.39 is 0 Å². The van der Waals surface area contributed by atoms with Crippen molar-refractivity contribution < 1.29 is 0 Å². The fourth-order valence-corrected chi connectivity index (χ4v) is 0.752. The van der Waals surface area contributed by atoms with Crippen LogP contribution in [0.25, 0.3) is 0 Å². The van der Waals surface area contributed by atoms with E-state index in [2.05, 4.69) is 32.2 Å². The molecule has 1 heteroatoms. The third-order valence-electron chi connectivity index (χ3n) is 1.74. The minimum Gasteiger partial charge on any atom is -0.319 e. The Morgan fingerprint density at radius 2 is 2.22 bits per heavy atom. The van der Waals surface area contributed by atoms with Gasteiger partial charge in [0.1, 0.15) is 0 Å². The van der Waals surface area contributed by atoms with Crippen LogP contribution in [0, 0.1) is 5.92 Å². The maximum absolute atomic E-state index is 3.14. The van der Waals surface area contributed by atoms with E-state index in [9.17, 15) is 0 Å². The second-order valence-corrected chi connectivity index (χ2v) is 2.49. The average Bonchev–Trinajstić information content (AvgIpc) is 1.87. The van der Waals surface area contributed by atoms with Crippen molar-refractivity contribution in [2.24, 2.45) is 5.92 Å². The Bertz CT molecular complexity index is 94.7. The zero-order chi connectivity index (χ0) is 7.28. The first kappa shape index (κ1) is 8.70. The summed E-state index contributed by atoms with van der Waals surface area (Å²) in [5, 5.41) is 3.14. The summed E-state index contributed by atoms with van der Waals surface area (Å²) in [6.07, 6.45) is 2.17. The Balaban J connectivity index is 3.59. The van der Waals surface area contributed by atoms with Crippen molar-refractivity contribution in [2.45, 2.75) is 20.8 Å². The highest BCUT2D eigenvalue weighted by molar-refractivity contribution is 5.00. The molecule has 0 aliphatic rings. The van der Waals surface area contributed by atoms with Gasteiger partial charge in [0, 0.05) is 6.54 Å². The van der Waals surface area contributed by atoms with Crippen molar-refractivity contribution in [3.63, 3.8) is 0 Å². The monoisotopic (exact) mass is 127 g/mol. The summed E-state index contributed by atoms with van der Waals surface area (Å²) < 4.78 is 0. The fraction of sp³-hybridized carbons (Fsp3) is 0.750. The van der Waals surface area contributed by atoms with E-state index in [4.69, 9.17) is 0 Å². The maximum Gasteiger partial charge on any atom is 0.00111 e. The first-order valence-electron chi connectivity index (χ1n) is 3.49. The second kappa shape index (κ2) is 4.57. The summed E-state index contributed by atoms with van der Waals surface area (Å²) >= 11 is 0. The second-order valence-electron chi connectivity index (χ2n) is 2.49. The van der Waals surface area contributed by atoms with Crippen LogP contribution in [0.3, 0.4) is 0 Å². The van der Waals surface area contributed by atoms with E-state index in [1.165, 1.54) is 5.57 Å². The van der Waals surface area contributed by atoms with Crippen molar-refractivity contribution >= 4 is 0 Å². The minimum absolute atomic E-state index is 0.681. The molecular weight excluding hydrogens is 110 g/mol. The lowest BCUT2D eigenvalue weighted by Crippen LogP contribution is -2.16. The first-order chi connectivity index (χ1) is 4.22. The smallest absolute Gasteiger partial charge is 0.00111 e. The highest BCUT2D eigenvalue weighted by atomic mass is 14.8. The number of hydrogen-bond acceptors (Lipinski definition) is 1. The van der Waals surface area contributed by atoms with Crippen molar-refractivity contribution in [2.75, 3.05) is 13.6 Å². The normalized spacial score (nSPS) is 15.8.